The van der Waals surface area contributed by atoms with E-state index in [-0.39, 0.29) is 18.2 Å². The number of aliphatic carboxylic acids is 1. The third kappa shape index (κ3) is 4.60. The van der Waals surface area contributed by atoms with E-state index in [2.05, 4.69) is 0 Å². The lowest BCUT2D eigenvalue weighted by atomic mass is 9.90. The van der Waals surface area contributed by atoms with E-state index < -0.39 is 17.7 Å². The summed E-state index contributed by atoms with van der Waals surface area (Å²) >= 11 is 0. The van der Waals surface area contributed by atoms with E-state index in [1.165, 1.54) is 6.07 Å². The van der Waals surface area contributed by atoms with Gasteiger partial charge in [-0.1, -0.05) is 12.1 Å². The number of fused-ring (bicyclic) bond motifs is 2. The largest absolute Gasteiger partial charge is 0.492 e. The Hall–Kier alpha value is -3.58. The van der Waals surface area contributed by atoms with Crippen molar-refractivity contribution in [3.8, 4) is 28.4 Å². The molecule has 6 nitrogen and oxygen atoms in total. The van der Waals surface area contributed by atoms with Crippen LogP contribution in [0.2, 0.25) is 0 Å². The lowest BCUT2D eigenvalue weighted by molar-refractivity contribution is -0.137. The Morgan fingerprint density at radius 1 is 1.11 bits per heavy atom. The number of aryl methyl sites for hydroxylation is 2. The summed E-state index contributed by atoms with van der Waals surface area (Å²) in [7, 11) is 0. The van der Waals surface area contributed by atoms with Gasteiger partial charge < -0.3 is 24.4 Å². The minimum Gasteiger partial charge on any atom is -0.492 e. The van der Waals surface area contributed by atoms with Crippen molar-refractivity contribution in [2.45, 2.75) is 63.6 Å². The Balaban J connectivity index is 1.26. The number of hydrogen-bond acceptors (Lipinski definition) is 5. The topological polar surface area (TPSA) is 85.2 Å². The summed E-state index contributed by atoms with van der Waals surface area (Å²) in [6, 6.07) is 12.8. The molecule has 38 heavy (non-hydrogen) atoms. The lowest BCUT2D eigenvalue weighted by Gasteiger charge is -2.19. The van der Waals surface area contributed by atoms with Gasteiger partial charge in [-0.3, -0.25) is 4.79 Å². The van der Waals surface area contributed by atoms with Crippen LogP contribution in [0.5, 0.6) is 17.2 Å². The molecule has 2 N–H and O–H groups in total. The van der Waals surface area contributed by atoms with Crippen molar-refractivity contribution < 1.29 is 33.6 Å². The van der Waals surface area contributed by atoms with Gasteiger partial charge in [0, 0.05) is 23.1 Å². The second kappa shape index (κ2) is 9.31. The fraction of sp³-hybridized carbons (Fsp3) is 0.387. The van der Waals surface area contributed by atoms with Gasteiger partial charge in [-0.2, -0.15) is 0 Å². The third-order valence-corrected chi connectivity index (χ3v) is 7.96. The fourth-order valence-electron chi connectivity index (χ4n) is 5.84. The number of carbonyl (C=O) groups is 1. The number of aliphatic hydroxyl groups is 1. The average molecular weight is 519 g/mol. The van der Waals surface area contributed by atoms with Crippen molar-refractivity contribution in [3.05, 3.63) is 76.1 Å². The third-order valence-electron chi connectivity index (χ3n) is 7.96. The summed E-state index contributed by atoms with van der Waals surface area (Å²) in [6.45, 7) is 4.69. The van der Waals surface area contributed by atoms with E-state index in [1.807, 2.05) is 44.2 Å². The van der Waals surface area contributed by atoms with E-state index >= 15 is 4.39 Å². The molecule has 0 amide bonds. The Morgan fingerprint density at radius 3 is 2.58 bits per heavy atom. The Bertz CT molecular complexity index is 1400. The number of ether oxygens (including phenoxy) is 3. The van der Waals surface area contributed by atoms with Gasteiger partial charge in [0.25, 0.3) is 0 Å². The molecule has 0 bridgehead atoms. The minimum atomic E-state index is -0.856. The van der Waals surface area contributed by atoms with Crippen LogP contribution in [0.3, 0.4) is 0 Å². The van der Waals surface area contributed by atoms with Crippen molar-refractivity contribution in [1.82, 2.24) is 0 Å². The molecule has 3 aromatic rings. The summed E-state index contributed by atoms with van der Waals surface area (Å²) < 4.78 is 33.1. The molecule has 1 fully saturated rings. The first-order valence-corrected chi connectivity index (χ1v) is 13.1. The van der Waals surface area contributed by atoms with Crippen molar-refractivity contribution in [1.29, 1.82) is 0 Å². The van der Waals surface area contributed by atoms with Gasteiger partial charge in [0.2, 0.25) is 0 Å². The SMILES string of the molecule is Cc1cc(OCC2(O)CC2)cc(C)c1-c1ccc(F)c2c1CCC2Oc1ccc2c(c1)OCC2CC(=O)O. The number of hydrogen-bond donors (Lipinski definition) is 2. The van der Waals surface area contributed by atoms with Crippen LogP contribution in [0.15, 0.2) is 42.5 Å². The van der Waals surface area contributed by atoms with Crippen molar-refractivity contribution >= 4 is 5.97 Å². The van der Waals surface area contributed by atoms with E-state index in [4.69, 9.17) is 19.3 Å². The lowest BCUT2D eigenvalue weighted by Crippen LogP contribution is -2.18. The standard InChI is InChI=1S/C31H31FO6/c1-17-11-21(37-16-31(35)9-10-31)12-18(2)29(17)23-5-7-25(32)30-24(23)6-8-26(30)38-20-3-4-22-19(13-28(33)34)15-36-27(22)14-20/h3-5,7,11-12,14,19,26,35H,6,8-10,13,15-16H2,1-2H3,(H,33,34). The summed E-state index contributed by atoms with van der Waals surface area (Å²) in [5.74, 6) is 0.624. The maximum Gasteiger partial charge on any atom is 0.304 e. The molecule has 0 radical (unpaired) electrons. The van der Waals surface area contributed by atoms with Crippen LogP contribution in [0.1, 0.15) is 65.5 Å². The second-order valence-corrected chi connectivity index (χ2v) is 10.9. The van der Waals surface area contributed by atoms with E-state index in [9.17, 15) is 9.90 Å². The first kappa shape index (κ1) is 24.7. The minimum absolute atomic E-state index is 0.0192. The molecule has 0 spiro atoms. The number of carboxylic acid groups (broad SMARTS) is 1. The van der Waals surface area contributed by atoms with Gasteiger partial charge in [-0.15, -0.1) is 0 Å². The molecule has 2 aliphatic carbocycles. The van der Waals surface area contributed by atoms with Crippen molar-refractivity contribution in [2.75, 3.05) is 13.2 Å². The fourth-order valence-corrected chi connectivity index (χ4v) is 5.84. The Labute approximate surface area is 221 Å². The van der Waals surface area contributed by atoms with Crippen LogP contribution >= 0.6 is 0 Å². The molecular weight excluding hydrogens is 487 g/mol. The molecule has 1 saturated carbocycles. The molecular formula is C31H31FO6. The van der Waals surface area contributed by atoms with Crippen LogP contribution in [0.4, 0.5) is 4.39 Å². The summed E-state index contributed by atoms with van der Waals surface area (Å²) in [6.07, 6.45) is 2.49. The normalized spacial score (nSPS) is 20.4. The number of rotatable bonds is 8. The predicted molar refractivity (Wildman–Crippen MR) is 140 cm³/mol. The Kier molecular flexibility index (Phi) is 6.06. The van der Waals surface area contributed by atoms with Crippen LogP contribution in [0.25, 0.3) is 11.1 Å². The highest BCUT2D eigenvalue weighted by atomic mass is 19.1. The maximum absolute atomic E-state index is 15.2. The summed E-state index contributed by atoms with van der Waals surface area (Å²) in [4.78, 5) is 11.1. The van der Waals surface area contributed by atoms with E-state index in [1.54, 1.807) is 6.07 Å². The zero-order valence-corrected chi connectivity index (χ0v) is 21.6. The van der Waals surface area contributed by atoms with Crippen LogP contribution in [0, 0.1) is 19.7 Å². The molecule has 3 aromatic carbocycles. The smallest absolute Gasteiger partial charge is 0.304 e. The highest BCUT2D eigenvalue weighted by Gasteiger charge is 2.41. The second-order valence-electron chi connectivity index (χ2n) is 10.9. The van der Waals surface area contributed by atoms with Gasteiger partial charge in [0.05, 0.1) is 18.6 Å². The molecule has 6 rings (SSSR count). The average Bonchev–Trinajstić information content (AvgIpc) is 3.26. The number of carboxylic acids is 1. The predicted octanol–water partition coefficient (Wildman–Crippen LogP) is 6.03. The first-order chi connectivity index (χ1) is 18.2. The summed E-state index contributed by atoms with van der Waals surface area (Å²) in [5.41, 5.74) is 5.87. The van der Waals surface area contributed by atoms with Crippen molar-refractivity contribution in [3.63, 3.8) is 0 Å². The molecule has 2 atom stereocenters. The molecule has 0 aromatic heterocycles. The van der Waals surface area contributed by atoms with Gasteiger partial charge in [0.15, 0.2) is 0 Å². The highest BCUT2D eigenvalue weighted by Crippen LogP contribution is 2.45. The van der Waals surface area contributed by atoms with Gasteiger partial charge in [-0.25, -0.2) is 4.39 Å². The van der Waals surface area contributed by atoms with E-state index in [0.717, 1.165) is 52.0 Å². The number of halogens is 1. The van der Waals surface area contributed by atoms with Crippen molar-refractivity contribution in [2.24, 2.45) is 0 Å². The van der Waals surface area contributed by atoms with Crippen LogP contribution in [-0.4, -0.2) is 35.0 Å². The molecule has 3 aliphatic rings. The monoisotopic (exact) mass is 518 g/mol. The zero-order valence-electron chi connectivity index (χ0n) is 21.6. The highest BCUT2D eigenvalue weighted by molar-refractivity contribution is 5.76. The zero-order chi connectivity index (χ0) is 26.6. The van der Waals surface area contributed by atoms with Gasteiger partial charge in [0.1, 0.15) is 35.8 Å². The molecule has 1 heterocycles. The molecule has 7 heteroatoms. The molecule has 2 unspecified atom stereocenters. The molecule has 198 valence electrons. The first-order valence-electron chi connectivity index (χ1n) is 13.1. The van der Waals surface area contributed by atoms with Gasteiger partial charge in [-0.05, 0) is 91.6 Å². The van der Waals surface area contributed by atoms with E-state index in [0.29, 0.717) is 43.1 Å². The maximum atomic E-state index is 15.2. The quantitative estimate of drug-likeness (QED) is 0.379. The van der Waals surface area contributed by atoms with Crippen LogP contribution in [-0.2, 0) is 11.2 Å². The summed E-state index contributed by atoms with van der Waals surface area (Å²) in [5, 5.41) is 19.3. The Morgan fingerprint density at radius 2 is 1.87 bits per heavy atom. The van der Waals surface area contributed by atoms with Gasteiger partial charge >= 0.3 is 5.97 Å². The molecule has 0 saturated heterocycles. The van der Waals surface area contributed by atoms with Crippen LogP contribution < -0.4 is 14.2 Å². The molecule has 1 aliphatic heterocycles. The number of benzene rings is 3.